The van der Waals surface area contributed by atoms with E-state index in [0.29, 0.717) is 29.2 Å². The van der Waals surface area contributed by atoms with E-state index in [4.69, 9.17) is 0 Å². The van der Waals surface area contributed by atoms with Gasteiger partial charge in [-0.1, -0.05) is 20.8 Å². The van der Waals surface area contributed by atoms with Gasteiger partial charge in [-0.2, -0.15) is 0 Å². The molecule has 1 amide bonds. The predicted octanol–water partition coefficient (Wildman–Crippen LogP) is 4.24. The smallest absolute Gasteiger partial charge is 0.227 e. The van der Waals surface area contributed by atoms with Crippen LogP contribution in [0.2, 0.25) is 0 Å². The normalized spacial score (nSPS) is 11.7. The lowest BCUT2D eigenvalue weighted by molar-refractivity contribution is -0.117. The Morgan fingerprint density at radius 3 is 2.44 bits per heavy atom. The number of aromatic nitrogens is 3. The van der Waals surface area contributed by atoms with E-state index in [-0.39, 0.29) is 17.1 Å². The number of benzene rings is 1. The number of hydrogen-bond donors (Lipinski definition) is 1. The van der Waals surface area contributed by atoms with Gasteiger partial charge in [0.25, 0.3) is 0 Å². The van der Waals surface area contributed by atoms with Crippen molar-refractivity contribution in [3.05, 3.63) is 47.9 Å². The Hall–Kier alpha value is -2.76. The molecule has 0 bridgehead atoms. The molecule has 1 aromatic carbocycles. The summed E-state index contributed by atoms with van der Waals surface area (Å²) in [4.78, 5) is 21.4. The van der Waals surface area contributed by atoms with Gasteiger partial charge in [0, 0.05) is 12.1 Å². The van der Waals surface area contributed by atoms with Crippen LogP contribution < -0.4 is 5.32 Å². The molecule has 0 aliphatic rings. The van der Waals surface area contributed by atoms with Gasteiger partial charge in [0.15, 0.2) is 5.65 Å². The summed E-state index contributed by atoms with van der Waals surface area (Å²) in [5.74, 6) is -0.0625. The first-order valence-electron chi connectivity index (χ1n) is 8.15. The summed E-state index contributed by atoms with van der Waals surface area (Å²) in [7, 11) is 0. The Bertz CT molecular complexity index is 923. The van der Waals surface area contributed by atoms with Crippen LogP contribution in [0.1, 0.15) is 32.9 Å². The van der Waals surface area contributed by atoms with Crippen LogP contribution in [-0.4, -0.2) is 20.4 Å². The average molecular weight is 340 g/mol. The fraction of sp³-hybridized carbons (Fsp3) is 0.316. The minimum absolute atomic E-state index is 0.122. The van der Waals surface area contributed by atoms with Crippen molar-refractivity contribution in [2.75, 3.05) is 5.32 Å². The van der Waals surface area contributed by atoms with E-state index in [1.807, 2.05) is 39.8 Å². The van der Waals surface area contributed by atoms with Gasteiger partial charge in [-0.3, -0.25) is 14.7 Å². The zero-order valence-corrected chi connectivity index (χ0v) is 14.8. The molecule has 2 heterocycles. The van der Waals surface area contributed by atoms with Gasteiger partial charge in [0.2, 0.25) is 11.9 Å². The lowest BCUT2D eigenvalue weighted by Crippen LogP contribution is -2.21. The zero-order chi connectivity index (χ0) is 18.2. The number of aryl methyl sites for hydroxylation is 1. The van der Waals surface area contributed by atoms with E-state index in [9.17, 15) is 9.18 Å². The summed E-state index contributed by atoms with van der Waals surface area (Å²) in [5, 5.41) is 2.87. The quantitative estimate of drug-likeness (QED) is 0.776. The first-order valence-corrected chi connectivity index (χ1v) is 8.15. The predicted molar refractivity (Wildman–Crippen MR) is 96.3 cm³/mol. The van der Waals surface area contributed by atoms with E-state index < -0.39 is 0 Å². The van der Waals surface area contributed by atoms with Gasteiger partial charge >= 0.3 is 0 Å². The number of anilines is 1. The van der Waals surface area contributed by atoms with Gasteiger partial charge < -0.3 is 0 Å². The highest BCUT2D eigenvalue weighted by atomic mass is 19.1. The number of carbonyl (C=O) groups is 1. The van der Waals surface area contributed by atoms with E-state index in [0.717, 1.165) is 5.69 Å². The number of hydrogen-bond acceptors (Lipinski definition) is 3. The molecule has 0 atom stereocenters. The number of nitrogens with one attached hydrogen (secondary N) is 1. The van der Waals surface area contributed by atoms with Crippen molar-refractivity contribution in [3.8, 4) is 5.69 Å². The third kappa shape index (κ3) is 3.84. The number of nitrogens with zero attached hydrogens (tertiary/aromatic N) is 3. The van der Waals surface area contributed by atoms with E-state index in [1.165, 1.54) is 12.1 Å². The standard InChI is InChI=1S/C19H21FN4O/c1-12-5-10-15-17(21-12)24(14-8-6-13(20)7-9-14)18(22-15)23-16(25)11-19(2,3)4/h5-10H,11H2,1-4H3,(H,22,23,25). The Morgan fingerprint density at radius 2 is 1.80 bits per heavy atom. The Morgan fingerprint density at radius 1 is 1.12 bits per heavy atom. The molecule has 0 saturated carbocycles. The van der Waals surface area contributed by atoms with Crippen molar-refractivity contribution in [1.82, 2.24) is 14.5 Å². The third-order valence-corrected chi connectivity index (χ3v) is 3.67. The Labute approximate surface area is 145 Å². The molecule has 130 valence electrons. The molecule has 6 heteroatoms. The number of fused-ring (bicyclic) bond motifs is 1. The summed E-state index contributed by atoms with van der Waals surface area (Å²) < 4.78 is 15.0. The summed E-state index contributed by atoms with van der Waals surface area (Å²) in [6, 6.07) is 9.75. The largest absolute Gasteiger partial charge is 0.296 e. The fourth-order valence-electron chi connectivity index (χ4n) is 2.62. The van der Waals surface area contributed by atoms with Gasteiger partial charge in [-0.15, -0.1) is 0 Å². The molecule has 0 aliphatic carbocycles. The molecule has 5 nitrogen and oxygen atoms in total. The van der Waals surface area contributed by atoms with Crippen molar-refractivity contribution in [2.24, 2.45) is 5.41 Å². The van der Waals surface area contributed by atoms with E-state index >= 15 is 0 Å². The number of rotatable bonds is 3. The van der Waals surface area contributed by atoms with E-state index in [1.54, 1.807) is 16.7 Å². The molecule has 3 aromatic rings. The van der Waals surface area contributed by atoms with Crippen molar-refractivity contribution in [3.63, 3.8) is 0 Å². The van der Waals surface area contributed by atoms with Crippen LogP contribution in [0, 0.1) is 18.2 Å². The second-order valence-corrected chi connectivity index (χ2v) is 7.33. The summed E-state index contributed by atoms with van der Waals surface area (Å²) in [6.45, 7) is 7.89. The second kappa shape index (κ2) is 6.27. The summed E-state index contributed by atoms with van der Waals surface area (Å²) in [6.07, 6.45) is 0.367. The second-order valence-electron chi connectivity index (χ2n) is 7.33. The molecule has 25 heavy (non-hydrogen) atoms. The fourth-order valence-corrected chi connectivity index (χ4v) is 2.62. The first kappa shape index (κ1) is 17.1. The Kier molecular flexibility index (Phi) is 4.29. The lowest BCUT2D eigenvalue weighted by Gasteiger charge is -2.17. The highest BCUT2D eigenvalue weighted by molar-refractivity contribution is 5.92. The molecule has 0 aliphatic heterocycles. The van der Waals surface area contributed by atoms with Crippen molar-refractivity contribution < 1.29 is 9.18 Å². The van der Waals surface area contributed by atoms with Crippen LogP contribution >= 0.6 is 0 Å². The monoisotopic (exact) mass is 340 g/mol. The van der Waals surface area contributed by atoms with E-state index in [2.05, 4.69) is 15.3 Å². The number of amides is 1. The maximum atomic E-state index is 13.3. The average Bonchev–Trinajstić information content (AvgIpc) is 2.83. The maximum absolute atomic E-state index is 13.3. The minimum atomic E-state index is -0.323. The molecule has 2 aromatic heterocycles. The topological polar surface area (TPSA) is 59.8 Å². The van der Waals surface area contributed by atoms with Crippen LogP contribution in [0.5, 0.6) is 0 Å². The van der Waals surface area contributed by atoms with Gasteiger partial charge in [-0.25, -0.2) is 14.4 Å². The van der Waals surface area contributed by atoms with Gasteiger partial charge in [-0.05, 0) is 48.7 Å². The van der Waals surface area contributed by atoms with Crippen molar-refractivity contribution >= 4 is 23.0 Å². The third-order valence-electron chi connectivity index (χ3n) is 3.67. The highest BCUT2D eigenvalue weighted by Gasteiger charge is 2.20. The molecular formula is C19H21FN4O. The van der Waals surface area contributed by atoms with Gasteiger partial charge in [0.1, 0.15) is 11.3 Å². The Balaban J connectivity index is 2.09. The van der Waals surface area contributed by atoms with Crippen LogP contribution in [-0.2, 0) is 4.79 Å². The van der Waals surface area contributed by atoms with Crippen molar-refractivity contribution in [1.29, 1.82) is 0 Å². The van der Waals surface area contributed by atoms with Crippen LogP contribution in [0.15, 0.2) is 36.4 Å². The van der Waals surface area contributed by atoms with Crippen LogP contribution in [0.4, 0.5) is 10.3 Å². The first-order chi connectivity index (χ1) is 11.7. The summed E-state index contributed by atoms with van der Waals surface area (Å²) >= 11 is 0. The number of imidazole rings is 1. The lowest BCUT2D eigenvalue weighted by atomic mass is 9.92. The van der Waals surface area contributed by atoms with Crippen LogP contribution in [0.3, 0.4) is 0 Å². The molecule has 1 N–H and O–H groups in total. The molecule has 0 unspecified atom stereocenters. The number of pyridine rings is 1. The summed E-state index contributed by atoms with van der Waals surface area (Å²) in [5.41, 5.74) is 2.68. The number of halogens is 1. The number of carbonyl (C=O) groups excluding carboxylic acids is 1. The zero-order valence-electron chi connectivity index (χ0n) is 14.8. The van der Waals surface area contributed by atoms with Crippen LogP contribution in [0.25, 0.3) is 16.9 Å². The maximum Gasteiger partial charge on any atom is 0.227 e. The molecule has 0 fully saturated rings. The molecular weight excluding hydrogens is 319 g/mol. The SMILES string of the molecule is Cc1ccc2nc(NC(=O)CC(C)(C)C)n(-c3ccc(F)cc3)c2n1. The minimum Gasteiger partial charge on any atom is -0.296 e. The van der Waals surface area contributed by atoms with Crippen molar-refractivity contribution in [2.45, 2.75) is 34.1 Å². The molecule has 0 spiro atoms. The van der Waals surface area contributed by atoms with Gasteiger partial charge in [0.05, 0.1) is 5.69 Å². The highest BCUT2D eigenvalue weighted by Crippen LogP contribution is 2.25. The molecule has 0 saturated heterocycles. The molecule has 3 rings (SSSR count). The molecule has 0 radical (unpaired) electrons.